The first-order valence-electron chi connectivity index (χ1n) is 8.52. The Hall–Kier alpha value is -2.88. The lowest BCUT2D eigenvalue weighted by Gasteiger charge is -2.10. The summed E-state index contributed by atoms with van der Waals surface area (Å²) in [6.45, 7) is 6.10. The molecule has 0 unspecified atom stereocenters. The molecule has 3 aromatic rings. The molecule has 0 saturated carbocycles. The lowest BCUT2D eigenvalue weighted by molar-refractivity contribution is 0.0723. The monoisotopic (exact) mass is 334 g/mol. The van der Waals surface area contributed by atoms with Crippen LogP contribution in [0.15, 0.2) is 54.6 Å². The molecule has 0 atom stereocenters. The number of hydrogen-bond acceptors (Lipinski definition) is 3. The van der Waals surface area contributed by atoms with E-state index in [0.717, 1.165) is 35.3 Å². The van der Waals surface area contributed by atoms with Crippen molar-refractivity contribution in [3.8, 4) is 11.6 Å². The Morgan fingerprint density at radius 2 is 1.80 bits per heavy atom. The molecule has 0 amide bonds. The van der Waals surface area contributed by atoms with E-state index in [1.165, 1.54) is 0 Å². The zero-order chi connectivity index (χ0) is 17.8. The van der Waals surface area contributed by atoms with Crippen LogP contribution in [0.2, 0.25) is 0 Å². The SMILES string of the molecule is CCCc1cc(OC(=O)c2ccc(C)cc2)n(-c2ccccc2C)n1. The Balaban J connectivity index is 1.96. The normalized spacial score (nSPS) is 10.7. The smallest absolute Gasteiger partial charge is 0.344 e. The third-order valence-corrected chi connectivity index (χ3v) is 4.06. The van der Waals surface area contributed by atoms with Gasteiger partial charge in [0.15, 0.2) is 0 Å². The topological polar surface area (TPSA) is 44.1 Å². The molecule has 1 heterocycles. The second-order valence-corrected chi connectivity index (χ2v) is 6.18. The minimum Gasteiger partial charge on any atom is -0.404 e. The first-order valence-corrected chi connectivity index (χ1v) is 8.52. The number of ether oxygens (including phenoxy) is 1. The third kappa shape index (κ3) is 3.79. The van der Waals surface area contributed by atoms with Gasteiger partial charge >= 0.3 is 5.97 Å². The van der Waals surface area contributed by atoms with Crippen molar-refractivity contribution in [1.29, 1.82) is 0 Å². The van der Waals surface area contributed by atoms with Crippen LogP contribution in [0, 0.1) is 13.8 Å². The van der Waals surface area contributed by atoms with Gasteiger partial charge in [0, 0.05) is 6.07 Å². The average molecular weight is 334 g/mol. The Labute approximate surface area is 148 Å². The number of carbonyl (C=O) groups is 1. The summed E-state index contributed by atoms with van der Waals surface area (Å²) >= 11 is 0. The zero-order valence-corrected chi connectivity index (χ0v) is 14.8. The summed E-state index contributed by atoms with van der Waals surface area (Å²) in [5, 5.41) is 4.63. The number of aryl methyl sites for hydroxylation is 3. The molecule has 1 aromatic heterocycles. The van der Waals surface area contributed by atoms with Crippen LogP contribution in [0.4, 0.5) is 0 Å². The van der Waals surface area contributed by atoms with Crippen molar-refractivity contribution in [2.45, 2.75) is 33.6 Å². The highest BCUT2D eigenvalue weighted by atomic mass is 16.5. The zero-order valence-electron chi connectivity index (χ0n) is 14.8. The predicted octanol–water partition coefficient (Wildman–Crippen LogP) is 4.66. The van der Waals surface area contributed by atoms with Gasteiger partial charge in [0.25, 0.3) is 0 Å². The number of aromatic nitrogens is 2. The van der Waals surface area contributed by atoms with Gasteiger partial charge in [-0.15, -0.1) is 0 Å². The lowest BCUT2D eigenvalue weighted by atomic mass is 10.1. The summed E-state index contributed by atoms with van der Waals surface area (Å²) < 4.78 is 7.38. The molecular weight excluding hydrogens is 312 g/mol. The van der Waals surface area contributed by atoms with Crippen molar-refractivity contribution in [1.82, 2.24) is 9.78 Å². The van der Waals surface area contributed by atoms with E-state index >= 15 is 0 Å². The fourth-order valence-electron chi connectivity index (χ4n) is 2.68. The van der Waals surface area contributed by atoms with E-state index in [-0.39, 0.29) is 5.97 Å². The van der Waals surface area contributed by atoms with Crippen LogP contribution in [-0.2, 0) is 6.42 Å². The van der Waals surface area contributed by atoms with Crippen LogP contribution < -0.4 is 4.74 Å². The molecule has 0 bridgehead atoms. The molecule has 4 heteroatoms. The fraction of sp³-hybridized carbons (Fsp3) is 0.238. The Morgan fingerprint density at radius 1 is 1.08 bits per heavy atom. The van der Waals surface area contributed by atoms with Gasteiger partial charge in [-0.1, -0.05) is 49.2 Å². The number of esters is 1. The number of hydrogen-bond donors (Lipinski definition) is 0. The molecule has 0 aliphatic rings. The Bertz CT molecular complexity index is 879. The van der Waals surface area contributed by atoms with E-state index in [2.05, 4.69) is 12.0 Å². The first kappa shape index (κ1) is 17.0. The molecule has 0 fully saturated rings. The second kappa shape index (κ2) is 7.34. The maximum atomic E-state index is 12.5. The van der Waals surface area contributed by atoms with Gasteiger partial charge in [-0.3, -0.25) is 0 Å². The van der Waals surface area contributed by atoms with Crippen molar-refractivity contribution in [2.75, 3.05) is 0 Å². The van der Waals surface area contributed by atoms with Crippen molar-refractivity contribution in [3.05, 3.63) is 77.0 Å². The molecule has 25 heavy (non-hydrogen) atoms. The quantitative estimate of drug-likeness (QED) is 0.637. The van der Waals surface area contributed by atoms with Crippen LogP contribution in [0.5, 0.6) is 5.88 Å². The van der Waals surface area contributed by atoms with Gasteiger partial charge in [0.05, 0.1) is 16.9 Å². The minimum absolute atomic E-state index is 0.377. The van der Waals surface area contributed by atoms with Crippen LogP contribution in [0.1, 0.15) is 40.5 Å². The van der Waals surface area contributed by atoms with E-state index in [9.17, 15) is 4.79 Å². The Morgan fingerprint density at radius 3 is 2.48 bits per heavy atom. The highest BCUT2D eigenvalue weighted by molar-refractivity contribution is 5.91. The molecule has 0 aliphatic carbocycles. The summed E-state index contributed by atoms with van der Waals surface area (Å²) in [5.74, 6) is 0.0705. The van der Waals surface area contributed by atoms with Gasteiger partial charge < -0.3 is 4.74 Å². The van der Waals surface area contributed by atoms with Crippen LogP contribution >= 0.6 is 0 Å². The van der Waals surface area contributed by atoms with Crippen molar-refractivity contribution >= 4 is 5.97 Å². The van der Waals surface area contributed by atoms with E-state index in [0.29, 0.717) is 11.4 Å². The number of benzene rings is 2. The van der Waals surface area contributed by atoms with E-state index < -0.39 is 0 Å². The highest BCUT2D eigenvalue weighted by Crippen LogP contribution is 2.23. The van der Waals surface area contributed by atoms with Crippen molar-refractivity contribution in [3.63, 3.8) is 0 Å². The van der Waals surface area contributed by atoms with Gasteiger partial charge in [0.2, 0.25) is 5.88 Å². The number of carbonyl (C=O) groups excluding carboxylic acids is 1. The molecule has 128 valence electrons. The van der Waals surface area contributed by atoms with Crippen molar-refractivity contribution < 1.29 is 9.53 Å². The molecule has 2 aromatic carbocycles. The number of rotatable bonds is 5. The molecule has 0 radical (unpaired) electrons. The number of para-hydroxylation sites is 1. The van der Waals surface area contributed by atoms with Gasteiger partial charge in [-0.2, -0.15) is 5.10 Å². The lowest BCUT2D eigenvalue weighted by Crippen LogP contribution is -2.12. The highest BCUT2D eigenvalue weighted by Gasteiger charge is 2.16. The molecule has 3 rings (SSSR count). The summed E-state index contributed by atoms with van der Waals surface area (Å²) in [6, 6.07) is 17.1. The first-order chi connectivity index (χ1) is 12.1. The second-order valence-electron chi connectivity index (χ2n) is 6.18. The molecule has 0 aliphatic heterocycles. The van der Waals surface area contributed by atoms with Gasteiger partial charge in [0.1, 0.15) is 0 Å². The summed E-state index contributed by atoms with van der Waals surface area (Å²) in [6.07, 6.45) is 1.82. The molecule has 0 spiro atoms. The maximum Gasteiger partial charge on any atom is 0.344 e. The van der Waals surface area contributed by atoms with E-state index in [4.69, 9.17) is 4.74 Å². The van der Waals surface area contributed by atoms with Crippen LogP contribution in [-0.4, -0.2) is 15.7 Å². The number of nitrogens with zero attached hydrogens (tertiary/aromatic N) is 2. The molecular formula is C21H22N2O2. The van der Waals surface area contributed by atoms with Crippen LogP contribution in [0.25, 0.3) is 5.69 Å². The maximum absolute atomic E-state index is 12.5. The Kier molecular flexibility index (Phi) is 4.98. The molecule has 0 saturated heterocycles. The average Bonchev–Trinajstić information content (AvgIpc) is 2.98. The van der Waals surface area contributed by atoms with Gasteiger partial charge in [-0.25, -0.2) is 9.48 Å². The van der Waals surface area contributed by atoms with E-state index in [1.54, 1.807) is 16.8 Å². The predicted molar refractivity (Wildman–Crippen MR) is 98.4 cm³/mol. The summed E-state index contributed by atoms with van der Waals surface area (Å²) in [5.41, 5.74) is 4.53. The summed E-state index contributed by atoms with van der Waals surface area (Å²) in [7, 11) is 0. The summed E-state index contributed by atoms with van der Waals surface area (Å²) in [4.78, 5) is 12.5. The van der Waals surface area contributed by atoms with Crippen LogP contribution in [0.3, 0.4) is 0 Å². The fourth-order valence-corrected chi connectivity index (χ4v) is 2.68. The van der Waals surface area contributed by atoms with E-state index in [1.807, 2.05) is 56.3 Å². The minimum atomic E-state index is -0.377. The van der Waals surface area contributed by atoms with Gasteiger partial charge in [-0.05, 0) is 44.0 Å². The standard InChI is InChI=1S/C21H22N2O2/c1-4-7-18-14-20(23(22-18)19-9-6-5-8-16(19)3)25-21(24)17-12-10-15(2)11-13-17/h5-6,8-14H,4,7H2,1-3H3. The molecule has 4 nitrogen and oxygen atoms in total. The third-order valence-electron chi connectivity index (χ3n) is 4.06. The molecule has 0 N–H and O–H groups in total. The van der Waals surface area contributed by atoms with Crippen molar-refractivity contribution in [2.24, 2.45) is 0 Å². The largest absolute Gasteiger partial charge is 0.404 e.